The number of H-pyrrole nitrogens is 1. The smallest absolute Gasteiger partial charge is 0.346 e. The molecule has 0 amide bonds. The molecule has 2 heterocycles. The number of carbonyl (C=O) groups is 1. The standard InChI is InChI=1S/C12H5ClFN3O4S2/c13-4-1-6-7(2-5(4)14)16-12(15-6)23-11-8(17(20)21)3-9(22-11)10(18)19/h1-3H,(H,15,16)(H,18,19). The number of aromatic nitrogens is 2. The summed E-state index contributed by atoms with van der Waals surface area (Å²) in [6.07, 6.45) is 0. The quantitative estimate of drug-likeness (QED) is 0.524. The van der Waals surface area contributed by atoms with Crippen molar-refractivity contribution in [3.63, 3.8) is 0 Å². The summed E-state index contributed by atoms with van der Waals surface area (Å²) in [6.45, 7) is 0. The van der Waals surface area contributed by atoms with Crippen LogP contribution < -0.4 is 0 Å². The Morgan fingerprint density at radius 3 is 2.87 bits per heavy atom. The first-order valence-corrected chi connectivity index (χ1v) is 7.90. The lowest BCUT2D eigenvalue weighted by atomic mass is 10.3. The fourth-order valence-electron chi connectivity index (χ4n) is 1.79. The van der Waals surface area contributed by atoms with Crippen molar-refractivity contribution in [3.8, 4) is 0 Å². The number of hydrogen-bond donors (Lipinski definition) is 2. The van der Waals surface area contributed by atoms with Crippen molar-refractivity contribution in [2.45, 2.75) is 9.37 Å². The van der Waals surface area contributed by atoms with E-state index in [4.69, 9.17) is 16.7 Å². The van der Waals surface area contributed by atoms with E-state index in [2.05, 4.69) is 9.97 Å². The maximum absolute atomic E-state index is 13.4. The summed E-state index contributed by atoms with van der Waals surface area (Å²) in [5, 5.41) is 20.1. The van der Waals surface area contributed by atoms with E-state index in [1.807, 2.05) is 0 Å². The summed E-state index contributed by atoms with van der Waals surface area (Å²) in [6, 6.07) is 3.49. The topological polar surface area (TPSA) is 109 Å². The molecule has 11 heteroatoms. The molecule has 0 bridgehead atoms. The Bertz CT molecular complexity index is 916. The maximum atomic E-state index is 13.4. The first-order valence-electron chi connectivity index (χ1n) is 5.89. The molecule has 0 unspecified atom stereocenters. The molecule has 0 fully saturated rings. The lowest BCUT2D eigenvalue weighted by Crippen LogP contribution is -1.91. The first kappa shape index (κ1) is 15.7. The van der Waals surface area contributed by atoms with Crippen molar-refractivity contribution in [2.75, 3.05) is 0 Å². The molecule has 0 aliphatic carbocycles. The van der Waals surface area contributed by atoms with Crippen LogP contribution in [0.4, 0.5) is 10.1 Å². The molecule has 0 saturated carbocycles. The summed E-state index contributed by atoms with van der Waals surface area (Å²) in [5.74, 6) is -1.86. The van der Waals surface area contributed by atoms with Gasteiger partial charge < -0.3 is 10.1 Å². The van der Waals surface area contributed by atoms with Gasteiger partial charge in [0, 0.05) is 12.1 Å². The molecule has 2 aromatic heterocycles. The van der Waals surface area contributed by atoms with Crippen molar-refractivity contribution >= 4 is 57.4 Å². The van der Waals surface area contributed by atoms with Crippen LogP contribution in [0.2, 0.25) is 5.02 Å². The SMILES string of the molecule is O=C(O)c1cc([N+](=O)[O-])c(Sc2nc3cc(Cl)c(F)cc3[nH]2)s1. The molecule has 7 nitrogen and oxygen atoms in total. The molecule has 118 valence electrons. The van der Waals surface area contributed by atoms with E-state index in [0.717, 1.165) is 29.2 Å². The van der Waals surface area contributed by atoms with Crippen LogP contribution in [0, 0.1) is 15.9 Å². The van der Waals surface area contributed by atoms with Crippen LogP contribution in [0.1, 0.15) is 9.67 Å². The van der Waals surface area contributed by atoms with Crippen LogP contribution in [0.5, 0.6) is 0 Å². The Labute approximate surface area is 140 Å². The molecule has 3 rings (SSSR count). The molecule has 0 radical (unpaired) electrons. The van der Waals surface area contributed by atoms with Gasteiger partial charge in [-0.3, -0.25) is 10.1 Å². The predicted octanol–water partition coefficient (Wildman–Crippen LogP) is 4.17. The average Bonchev–Trinajstić information content (AvgIpc) is 3.03. The van der Waals surface area contributed by atoms with E-state index >= 15 is 0 Å². The molecule has 0 aliphatic heterocycles. The van der Waals surface area contributed by atoms with E-state index in [-0.39, 0.29) is 25.0 Å². The minimum atomic E-state index is -1.25. The monoisotopic (exact) mass is 373 g/mol. The normalized spacial score (nSPS) is 11.0. The van der Waals surface area contributed by atoms with Gasteiger partial charge in [0.1, 0.15) is 14.9 Å². The van der Waals surface area contributed by atoms with Crippen LogP contribution in [0.3, 0.4) is 0 Å². The van der Waals surface area contributed by atoms with Crippen LogP contribution in [0.15, 0.2) is 27.6 Å². The van der Waals surface area contributed by atoms with Crippen LogP contribution in [-0.2, 0) is 0 Å². The molecular weight excluding hydrogens is 369 g/mol. The van der Waals surface area contributed by atoms with Gasteiger partial charge in [-0.25, -0.2) is 14.2 Å². The number of fused-ring (bicyclic) bond motifs is 1. The molecule has 1 aromatic carbocycles. The molecule has 3 aromatic rings. The molecule has 0 atom stereocenters. The second-order valence-corrected chi connectivity index (χ2v) is 6.99. The Hall–Kier alpha value is -2.17. The lowest BCUT2D eigenvalue weighted by Gasteiger charge is -1.93. The third kappa shape index (κ3) is 3.00. The highest BCUT2D eigenvalue weighted by molar-refractivity contribution is 8.01. The van der Waals surface area contributed by atoms with Crippen LogP contribution >= 0.6 is 34.7 Å². The highest BCUT2D eigenvalue weighted by Crippen LogP contribution is 2.41. The minimum absolute atomic E-state index is 0.0872. The number of rotatable bonds is 4. The van der Waals surface area contributed by atoms with Gasteiger partial charge in [-0.2, -0.15) is 0 Å². The number of carboxylic acid groups (broad SMARTS) is 1. The van der Waals surface area contributed by atoms with Gasteiger partial charge in [0.15, 0.2) is 5.16 Å². The largest absolute Gasteiger partial charge is 0.477 e. The summed E-state index contributed by atoms with van der Waals surface area (Å²) in [5.41, 5.74) is 0.464. The number of hydrogen-bond acceptors (Lipinski definition) is 6. The molecule has 2 N–H and O–H groups in total. The van der Waals surface area contributed by atoms with Gasteiger partial charge in [0.05, 0.1) is 21.0 Å². The lowest BCUT2D eigenvalue weighted by molar-refractivity contribution is -0.387. The van der Waals surface area contributed by atoms with Crippen molar-refractivity contribution < 1.29 is 19.2 Å². The Kier molecular flexibility index (Phi) is 3.96. The summed E-state index contributed by atoms with van der Waals surface area (Å²) >= 11 is 7.34. The molecule has 23 heavy (non-hydrogen) atoms. The summed E-state index contributed by atoms with van der Waals surface area (Å²) in [4.78, 5) is 28.1. The number of carboxylic acids is 1. The van der Waals surface area contributed by atoms with E-state index < -0.39 is 16.7 Å². The van der Waals surface area contributed by atoms with E-state index in [1.54, 1.807) is 0 Å². The zero-order chi connectivity index (χ0) is 16.7. The number of nitro groups is 1. The first-order chi connectivity index (χ1) is 10.8. The Balaban J connectivity index is 2.01. The number of halogens is 2. The maximum Gasteiger partial charge on any atom is 0.346 e. The third-order valence-corrected chi connectivity index (χ3v) is 5.26. The highest BCUT2D eigenvalue weighted by atomic mass is 35.5. The molecule has 0 saturated heterocycles. The molecular formula is C12H5ClFN3O4S2. The van der Waals surface area contributed by atoms with Crippen LogP contribution in [-0.4, -0.2) is 26.0 Å². The number of imidazole rings is 1. The van der Waals surface area contributed by atoms with E-state index in [1.165, 1.54) is 12.1 Å². The zero-order valence-electron chi connectivity index (χ0n) is 10.9. The van der Waals surface area contributed by atoms with E-state index in [9.17, 15) is 19.3 Å². The highest BCUT2D eigenvalue weighted by Gasteiger charge is 2.24. The minimum Gasteiger partial charge on any atom is -0.477 e. The summed E-state index contributed by atoms with van der Waals surface area (Å²) < 4.78 is 13.6. The Morgan fingerprint density at radius 1 is 1.48 bits per heavy atom. The third-order valence-electron chi connectivity index (χ3n) is 2.78. The van der Waals surface area contributed by atoms with Crippen molar-refractivity contribution in [1.29, 1.82) is 0 Å². The Morgan fingerprint density at radius 2 is 2.22 bits per heavy atom. The van der Waals surface area contributed by atoms with Gasteiger partial charge >= 0.3 is 5.97 Å². The van der Waals surface area contributed by atoms with Crippen LogP contribution in [0.25, 0.3) is 11.0 Å². The second kappa shape index (κ2) is 5.80. The molecule has 0 spiro atoms. The van der Waals surface area contributed by atoms with Gasteiger partial charge in [0.2, 0.25) is 0 Å². The zero-order valence-corrected chi connectivity index (χ0v) is 13.3. The average molecular weight is 374 g/mol. The fourth-order valence-corrected chi connectivity index (χ4v) is 4.03. The number of benzene rings is 1. The molecule has 0 aliphatic rings. The van der Waals surface area contributed by atoms with Gasteiger partial charge in [0.25, 0.3) is 5.69 Å². The number of thiophene rings is 1. The summed E-state index contributed by atoms with van der Waals surface area (Å²) in [7, 11) is 0. The van der Waals surface area contributed by atoms with Crippen molar-refractivity contribution in [1.82, 2.24) is 9.97 Å². The number of nitrogens with zero attached hydrogens (tertiary/aromatic N) is 2. The predicted molar refractivity (Wildman–Crippen MR) is 83.1 cm³/mol. The number of aromatic amines is 1. The number of nitrogens with one attached hydrogen (secondary N) is 1. The van der Waals surface area contributed by atoms with E-state index in [0.29, 0.717) is 11.0 Å². The van der Waals surface area contributed by atoms with Gasteiger partial charge in [-0.05, 0) is 17.8 Å². The van der Waals surface area contributed by atoms with Gasteiger partial charge in [-0.1, -0.05) is 11.6 Å². The van der Waals surface area contributed by atoms with Crippen molar-refractivity contribution in [2.24, 2.45) is 0 Å². The van der Waals surface area contributed by atoms with Gasteiger partial charge in [-0.15, -0.1) is 11.3 Å². The van der Waals surface area contributed by atoms with Crippen molar-refractivity contribution in [3.05, 3.63) is 44.0 Å². The number of aromatic carboxylic acids is 1. The fraction of sp³-hybridized carbons (Fsp3) is 0. The second-order valence-electron chi connectivity index (χ2n) is 4.27.